The Morgan fingerprint density at radius 2 is 1.76 bits per heavy atom. The molecule has 33 heavy (non-hydrogen) atoms. The van der Waals surface area contributed by atoms with E-state index in [1.54, 1.807) is 11.3 Å². The van der Waals surface area contributed by atoms with E-state index in [0.29, 0.717) is 24.5 Å². The number of thiophene rings is 1. The summed E-state index contributed by atoms with van der Waals surface area (Å²) in [5.41, 5.74) is 5.42. The van der Waals surface area contributed by atoms with Crippen LogP contribution in [-0.4, -0.2) is 47.8 Å². The Bertz CT molecular complexity index is 956. The number of carbonyl (C=O) groups excluding carboxylic acids is 2. The average molecular weight is 476 g/mol. The van der Waals surface area contributed by atoms with E-state index in [2.05, 4.69) is 33.0 Å². The van der Waals surface area contributed by atoms with Crippen molar-refractivity contribution in [1.29, 1.82) is 0 Å². The molecule has 182 valence electrons. The Balaban J connectivity index is 1.99. The predicted octanol–water partition coefficient (Wildman–Crippen LogP) is 3.84. The molecule has 2 rings (SSSR count). The van der Waals surface area contributed by atoms with Crippen molar-refractivity contribution in [3.63, 3.8) is 0 Å². The van der Waals surface area contributed by atoms with Crippen molar-refractivity contribution in [1.82, 2.24) is 5.32 Å². The predicted molar refractivity (Wildman–Crippen MR) is 132 cm³/mol. The van der Waals surface area contributed by atoms with Gasteiger partial charge in [0.1, 0.15) is 25.1 Å². The second kappa shape index (κ2) is 12.3. The van der Waals surface area contributed by atoms with E-state index < -0.39 is 18.6 Å². The van der Waals surface area contributed by atoms with Gasteiger partial charge in [-0.2, -0.15) is 0 Å². The van der Waals surface area contributed by atoms with E-state index in [1.165, 1.54) is 10.4 Å². The Morgan fingerprint density at radius 1 is 1.12 bits per heavy atom. The van der Waals surface area contributed by atoms with Crippen LogP contribution in [-0.2, 0) is 17.6 Å². The van der Waals surface area contributed by atoms with Crippen molar-refractivity contribution >= 4 is 23.0 Å². The van der Waals surface area contributed by atoms with E-state index >= 15 is 0 Å². The molecule has 0 saturated heterocycles. The fourth-order valence-electron chi connectivity index (χ4n) is 3.97. The third-order valence-corrected chi connectivity index (χ3v) is 6.89. The number of carbonyl (C=O) groups is 2. The zero-order chi connectivity index (χ0) is 24.7. The van der Waals surface area contributed by atoms with E-state index in [-0.39, 0.29) is 18.9 Å². The topological polar surface area (TPSA) is 95.9 Å². The van der Waals surface area contributed by atoms with E-state index in [4.69, 9.17) is 9.84 Å². The average Bonchev–Trinajstić information content (AvgIpc) is 3.03. The number of benzene rings is 1. The van der Waals surface area contributed by atoms with Gasteiger partial charge in [-0.15, -0.1) is 11.3 Å². The zero-order valence-corrected chi connectivity index (χ0v) is 21.4. The highest BCUT2D eigenvalue weighted by atomic mass is 32.1. The number of ketones is 1. The van der Waals surface area contributed by atoms with Crippen molar-refractivity contribution in [2.75, 3.05) is 19.8 Å². The summed E-state index contributed by atoms with van der Waals surface area (Å²) in [6.07, 6.45) is 1.25. The first kappa shape index (κ1) is 27.0. The number of aryl methyl sites for hydroxylation is 4. The van der Waals surface area contributed by atoms with Gasteiger partial charge in [0.15, 0.2) is 5.78 Å². The van der Waals surface area contributed by atoms with Crippen molar-refractivity contribution in [2.45, 2.75) is 66.9 Å². The molecule has 1 atom stereocenters. The van der Waals surface area contributed by atoms with E-state index in [0.717, 1.165) is 33.6 Å². The van der Waals surface area contributed by atoms with Crippen LogP contribution in [0.1, 0.15) is 62.6 Å². The maximum absolute atomic E-state index is 12.9. The first-order valence-electron chi connectivity index (χ1n) is 11.4. The quantitative estimate of drug-likeness (QED) is 0.405. The number of aliphatic hydroxyl groups is 2. The summed E-state index contributed by atoms with van der Waals surface area (Å²) in [4.78, 5) is 26.2. The monoisotopic (exact) mass is 475 g/mol. The molecule has 0 fully saturated rings. The van der Waals surface area contributed by atoms with Gasteiger partial charge in [-0.25, -0.2) is 0 Å². The molecule has 3 N–H and O–H groups in total. The molecule has 2 aromatic rings. The van der Waals surface area contributed by atoms with Crippen molar-refractivity contribution in [3.05, 3.63) is 49.7 Å². The van der Waals surface area contributed by atoms with Gasteiger partial charge in [0.25, 0.3) is 0 Å². The third kappa shape index (κ3) is 7.66. The van der Waals surface area contributed by atoms with Crippen LogP contribution in [0.5, 0.6) is 5.75 Å². The molecule has 1 aromatic heterocycles. The Hall–Kier alpha value is -2.22. The SMILES string of the molecule is Cc1cc(CCC(=O)c2sc(C)c(CC(C)C)c2C)cc(C)c1OCC(O)CNC(=O)CO. The van der Waals surface area contributed by atoms with Crippen LogP contribution >= 0.6 is 11.3 Å². The molecule has 0 aliphatic rings. The molecule has 0 saturated carbocycles. The molecule has 6 nitrogen and oxygen atoms in total. The maximum Gasteiger partial charge on any atom is 0.245 e. The molecular weight excluding hydrogens is 438 g/mol. The highest BCUT2D eigenvalue weighted by Gasteiger charge is 2.19. The molecule has 7 heteroatoms. The molecule has 0 spiro atoms. The minimum absolute atomic E-state index is 0.0121. The molecule has 1 unspecified atom stereocenters. The highest BCUT2D eigenvalue weighted by Crippen LogP contribution is 2.31. The number of rotatable bonds is 12. The summed E-state index contributed by atoms with van der Waals surface area (Å²) in [6.45, 7) is 11.9. The highest BCUT2D eigenvalue weighted by molar-refractivity contribution is 7.14. The third-order valence-electron chi connectivity index (χ3n) is 5.60. The number of aliphatic hydroxyl groups excluding tert-OH is 2. The maximum atomic E-state index is 12.9. The molecule has 1 heterocycles. The number of amides is 1. The van der Waals surface area contributed by atoms with Gasteiger partial charge in [0, 0.05) is 17.8 Å². The van der Waals surface area contributed by atoms with Gasteiger partial charge < -0.3 is 20.3 Å². The molecule has 0 aliphatic carbocycles. The van der Waals surface area contributed by atoms with Crippen LogP contribution in [0.25, 0.3) is 0 Å². The van der Waals surface area contributed by atoms with Crippen LogP contribution < -0.4 is 10.1 Å². The summed E-state index contributed by atoms with van der Waals surface area (Å²) < 4.78 is 5.78. The Kier molecular flexibility index (Phi) is 10.1. The lowest BCUT2D eigenvalue weighted by Crippen LogP contribution is -2.36. The minimum Gasteiger partial charge on any atom is -0.490 e. The summed E-state index contributed by atoms with van der Waals surface area (Å²) in [5.74, 6) is 0.913. The van der Waals surface area contributed by atoms with Gasteiger partial charge in [-0.1, -0.05) is 26.0 Å². The number of nitrogens with one attached hydrogen (secondary N) is 1. The largest absolute Gasteiger partial charge is 0.490 e. The minimum atomic E-state index is -0.880. The molecule has 1 amide bonds. The van der Waals surface area contributed by atoms with Crippen molar-refractivity contribution in [3.8, 4) is 5.75 Å². The first-order chi connectivity index (χ1) is 15.5. The Morgan fingerprint density at radius 3 is 2.33 bits per heavy atom. The molecule has 1 aromatic carbocycles. The standard InChI is InChI=1S/C26H37NO5S/c1-15(2)9-22-18(5)26(33-19(22)6)23(30)8-7-20-10-16(3)25(17(4)11-20)32-14-21(29)12-27-24(31)13-28/h10-11,15,21,28-29H,7-9,12-14H2,1-6H3,(H,27,31). The Labute approximate surface area is 201 Å². The van der Waals surface area contributed by atoms with E-state index in [1.807, 2.05) is 26.0 Å². The van der Waals surface area contributed by atoms with Crippen molar-refractivity contribution in [2.24, 2.45) is 5.92 Å². The second-order valence-corrected chi connectivity index (χ2v) is 10.3. The number of hydrogen-bond acceptors (Lipinski definition) is 6. The number of ether oxygens (including phenoxy) is 1. The fourth-order valence-corrected chi connectivity index (χ4v) is 5.13. The normalized spacial score (nSPS) is 12.2. The molecular formula is C26H37NO5S. The fraction of sp³-hybridized carbons (Fsp3) is 0.538. The van der Waals surface area contributed by atoms with Crippen LogP contribution in [0.4, 0.5) is 0 Å². The van der Waals surface area contributed by atoms with Crippen molar-refractivity contribution < 1.29 is 24.5 Å². The van der Waals surface area contributed by atoms with Crippen LogP contribution in [0.3, 0.4) is 0 Å². The first-order valence-corrected chi connectivity index (χ1v) is 12.3. The molecule has 0 aliphatic heterocycles. The second-order valence-electron chi connectivity index (χ2n) is 9.10. The van der Waals surface area contributed by atoms with Gasteiger partial charge >= 0.3 is 0 Å². The van der Waals surface area contributed by atoms with Crippen LogP contribution in [0.2, 0.25) is 0 Å². The summed E-state index contributed by atoms with van der Waals surface area (Å²) in [7, 11) is 0. The van der Waals surface area contributed by atoms with Gasteiger partial charge in [-0.05, 0) is 74.3 Å². The molecule has 0 radical (unpaired) electrons. The lowest BCUT2D eigenvalue weighted by atomic mass is 9.97. The van der Waals surface area contributed by atoms with Gasteiger partial charge in [0.05, 0.1) is 4.88 Å². The van der Waals surface area contributed by atoms with Gasteiger partial charge in [-0.3, -0.25) is 9.59 Å². The molecule has 0 bridgehead atoms. The summed E-state index contributed by atoms with van der Waals surface area (Å²) in [5, 5.41) is 21.1. The summed E-state index contributed by atoms with van der Waals surface area (Å²) in [6, 6.07) is 4.04. The lowest BCUT2D eigenvalue weighted by molar-refractivity contribution is -0.124. The zero-order valence-electron chi connectivity index (χ0n) is 20.6. The van der Waals surface area contributed by atoms with Crippen LogP contribution in [0, 0.1) is 33.6 Å². The summed E-state index contributed by atoms with van der Waals surface area (Å²) >= 11 is 1.62. The van der Waals surface area contributed by atoms with Crippen LogP contribution in [0.15, 0.2) is 12.1 Å². The number of Topliss-reactive ketones (excluding diaryl/α,β-unsaturated/α-hetero) is 1. The number of hydrogen-bond donors (Lipinski definition) is 3. The van der Waals surface area contributed by atoms with E-state index in [9.17, 15) is 14.7 Å². The van der Waals surface area contributed by atoms with Gasteiger partial charge in [0.2, 0.25) is 5.91 Å². The smallest absolute Gasteiger partial charge is 0.245 e. The lowest BCUT2D eigenvalue weighted by Gasteiger charge is -2.17.